The molecule has 2 aromatic carbocycles. The van der Waals surface area contributed by atoms with Crippen molar-refractivity contribution in [1.82, 2.24) is 10.2 Å². The number of nitrogens with one attached hydrogen (secondary N) is 2. The molecule has 0 spiro atoms. The van der Waals surface area contributed by atoms with Gasteiger partial charge in [0.15, 0.2) is 0 Å². The van der Waals surface area contributed by atoms with Gasteiger partial charge in [-0.15, -0.1) is 0 Å². The highest BCUT2D eigenvalue weighted by Crippen LogP contribution is 2.18. The van der Waals surface area contributed by atoms with E-state index in [1.807, 2.05) is 24.3 Å². The highest BCUT2D eigenvalue weighted by Gasteiger charge is 2.23. The van der Waals surface area contributed by atoms with E-state index in [0.717, 1.165) is 56.8 Å². The summed E-state index contributed by atoms with van der Waals surface area (Å²) < 4.78 is 16.8. The van der Waals surface area contributed by atoms with Gasteiger partial charge in [-0.05, 0) is 68.6 Å². The van der Waals surface area contributed by atoms with Crippen LogP contribution in [0.2, 0.25) is 0 Å². The average Bonchev–Trinajstić information content (AvgIpc) is 3.44. The van der Waals surface area contributed by atoms with Crippen LogP contribution < -0.4 is 15.4 Å². The van der Waals surface area contributed by atoms with Gasteiger partial charge in [0.2, 0.25) is 0 Å². The summed E-state index contributed by atoms with van der Waals surface area (Å²) in [5.74, 6) is 0.411. The Bertz CT molecular complexity index is 986. The Balaban J connectivity index is 1.23. The molecule has 2 aliphatic heterocycles. The fourth-order valence-corrected chi connectivity index (χ4v) is 4.39. The predicted octanol–water partition coefficient (Wildman–Crippen LogP) is 3.22. The SMILES string of the molecule is CN(CCOc1cccc(CNC(=O)c2cccc(NC(=O)C3CCCO3)c2)c1)C1CCOCC1. The quantitative estimate of drug-likeness (QED) is 0.542. The van der Waals surface area contributed by atoms with Crippen molar-refractivity contribution < 1.29 is 23.8 Å². The number of carbonyl (C=O) groups excluding carboxylic acids is 2. The topological polar surface area (TPSA) is 89.1 Å². The van der Waals surface area contributed by atoms with Gasteiger partial charge in [0.05, 0.1) is 0 Å². The van der Waals surface area contributed by atoms with E-state index in [2.05, 4.69) is 22.6 Å². The van der Waals surface area contributed by atoms with Crippen molar-refractivity contribution in [3.05, 3.63) is 59.7 Å². The van der Waals surface area contributed by atoms with E-state index in [0.29, 0.717) is 37.1 Å². The number of hydrogen-bond donors (Lipinski definition) is 2. The van der Waals surface area contributed by atoms with Crippen LogP contribution in [0, 0.1) is 0 Å². The number of amides is 2. The molecule has 1 atom stereocenters. The number of nitrogens with zero attached hydrogens (tertiary/aromatic N) is 1. The Kier molecular flexibility index (Phi) is 9.11. The highest BCUT2D eigenvalue weighted by atomic mass is 16.5. The first-order chi connectivity index (χ1) is 17.1. The van der Waals surface area contributed by atoms with Crippen molar-refractivity contribution in [2.24, 2.45) is 0 Å². The van der Waals surface area contributed by atoms with Crippen LogP contribution in [0.15, 0.2) is 48.5 Å². The Morgan fingerprint density at radius 1 is 1.06 bits per heavy atom. The Morgan fingerprint density at radius 2 is 1.89 bits per heavy atom. The summed E-state index contributed by atoms with van der Waals surface area (Å²) >= 11 is 0. The molecule has 0 aromatic heterocycles. The van der Waals surface area contributed by atoms with Gasteiger partial charge in [-0.2, -0.15) is 0 Å². The molecule has 2 amide bonds. The lowest BCUT2D eigenvalue weighted by Gasteiger charge is -2.31. The molecular formula is C27H35N3O5. The summed E-state index contributed by atoms with van der Waals surface area (Å²) in [5.41, 5.74) is 2.02. The molecule has 2 aromatic rings. The van der Waals surface area contributed by atoms with E-state index in [1.54, 1.807) is 24.3 Å². The van der Waals surface area contributed by atoms with Gasteiger partial charge in [-0.1, -0.05) is 18.2 Å². The minimum absolute atomic E-state index is 0.171. The van der Waals surface area contributed by atoms with E-state index >= 15 is 0 Å². The molecular weight excluding hydrogens is 446 g/mol. The van der Waals surface area contributed by atoms with Gasteiger partial charge in [-0.3, -0.25) is 14.5 Å². The van der Waals surface area contributed by atoms with Crippen LogP contribution in [0.25, 0.3) is 0 Å². The maximum absolute atomic E-state index is 12.7. The summed E-state index contributed by atoms with van der Waals surface area (Å²) in [6.07, 6.45) is 3.33. The molecule has 0 aliphatic carbocycles. The van der Waals surface area contributed by atoms with E-state index in [1.165, 1.54) is 0 Å². The molecule has 2 N–H and O–H groups in total. The van der Waals surface area contributed by atoms with Gasteiger partial charge < -0.3 is 24.8 Å². The summed E-state index contributed by atoms with van der Waals surface area (Å²) in [6.45, 7) is 4.11. The van der Waals surface area contributed by atoms with E-state index in [9.17, 15) is 9.59 Å². The minimum Gasteiger partial charge on any atom is -0.492 e. The molecule has 2 heterocycles. The van der Waals surface area contributed by atoms with Gasteiger partial charge in [-0.25, -0.2) is 0 Å². The molecule has 1 unspecified atom stereocenters. The third-order valence-electron chi connectivity index (χ3n) is 6.49. The van der Waals surface area contributed by atoms with E-state index < -0.39 is 6.10 Å². The van der Waals surface area contributed by atoms with Gasteiger partial charge in [0, 0.05) is 50.2 Å². The standard InChI is InChI=1S/C27H35N3O5/c1-30(23-10-14-33-15-11-23)12-16-34-24-8-2-5-20(17-24)19-28-26(31)21-6-3-7-22(18-21)29-27(32)25-9-4-13-35-25/h2-3,5-8,17-18,23,25H,4,9-16,19H2,1H3,(H,28,31)(H,29,32). The van der Waals surface area contributed by atoms with Gasteiger partial charge in [0.25, 0.3) is 11.8 Å². The molecule has 0 bridgehead atoms. The monoisotopic (exact) mass is 481 g/mol. The van der Waals surface area contributed by atoms with Crippen LogP contribution in [0.3, 0.4) is 0 Å². The zero-order valence-electron chi connectivity index (χ0n) is 20.3. The third-order valence-corrected chi connectivity index (χ3v) is 6.49. The fourth-order valence-electron chi connectivity index (χ4n) is 4.39. The first kappa shape index (κ1) is 25.2. The van der Waals surface area contributed by atoms with Crippen LogP contribution >= 0.6 is 0 Å². The largest absolute Gasteiger partial charge is 0.492 e. The van der Waals surface area contributed by atoms with Crippen LogP contribution in [-0.4, -0.2) is 68.9 Å². The molecule has 8 nitrogen and oxygen atoms in total. The van der Waals surface area contributed by atoms with E-state index in [-0.39, 0.29) is 11.8 Å². The zero-order valence-corrected chi connectivity index (χ0v) is 20.3. The van der Waals surface area contributed by atoms with Crippen molar-refractivity contribution in [1.29, 1.82) is 0 Å². The van der Waals surface area contributed by atoms with Crippen molar-refractivity contribution in [2.75, 3.05) is 45.3 Å². The molecule has 8 heteroatoms. The van der Waals surface area contributed by atoms with E-state index in [4.69, 9.17) is 14.2 Å². The molecule has 2 saturated heterocycles. The fraction of sp³-hybridized carbons (Fsp3) is 0.481. The van der Waals surface area contributed by atoms with Gasteiger partial charge >= 0.3 is 0 Å². The van der Waals surface area contributed by atoms with Crippen molar-refractivity contribution in [3.8, 4) is 5.75 Å². The number of hydrogen-bond acceptors (Lipinski definition) is 6. The first-order valence-corrected chi connectivity index (χ1v) is 12.4. The summed E-state index contributed by atoms with van der Waals surface area (Å²) in [4.78, 5) is 27.3. The molecule has 2 fully saturated rings. The second-order valence-corrected chi connectivity index (χ2v) is 9.07. The second kappa shape index (κ2) is 12.7. The Morgan fingerprint density at radius 3 is 2.69 bits per heavy atom. The molecule has 2 aliphatic rings. The van der Waals surface area contributed by atoms with Gasteiger partial charge in [0.1, 0.15) is 18.5 Å². The highest BCUT2D eigenvalue weighted by molar-refractivity contribution is 5.98. The van der Waals surface area contributed by atoms with Crippen LogP contribution in [0.4, 0.5) is 5.69 Å². The molecule has 35 heavy (non-hydrogen) atoms. The van der Waals surface area contributed by atoms with Crippen LogP contribution in [-0.2, 0) is 20.8 Å². The van der Waals surface area contributed by atoms with Crippen molar-refractivity contribution >= 4 is 17.5 Å². The Labute approximate surface area is 206 Å². The minimum atomic E-state index is -0.413. The molecule has 0 radical (unpaired) electrons. The van der Waals surface area contributed by atoms with Crippen LogP contribution in [0.1, 0.15) is 41.6 Å². The number of likely N-dealkylation sites (N-methyl/N-ethyl adjacent to an activating group) is 1. The zero-order chi connectivity index (χ0) is 24.5. The lowest BCUT2D eigenvalue weighted by Crippen LogP contribution is -2.38. The van der Waals surface area contributed by atoms with Crippen molar-refractivity contribution in [3.63, 3.8) is 0 Å². The summed E-state index contributed by atoms with van der Waals surface area (Å²) in [7, 11) is 2.13. The maximum Gasteiger partial charge on any atom is 0.253 e. The number of anilines is 1. The normalized spacial score (nSPS) is 18.4. The number of benzene rings is 2. The molecule has 188 valence electrons. The lowest BCUT2D eigenvalue weighted by atomic mass is 10.1. The maximum atomic E-state index is 12.7. The lowest BCUT2D eigenvalue weighted by molar-refractivity contribution is -0.124. The first-order valence-electron chi connectivity index (χ1n) is 12.4. The molecule has 4 rings (SSSR count). The average molecular weight is 482 g/mol. The summed E-state index contributed by atoms with van der Waals surface area (Å²) in [5, 5.41) is 5.78. The van der Waals surface area contributed by atoms with Crippen molar-refractivity contribution in [2.45, 2.75) is 44.4 Å². The second-order valence-electron chi connectivity index (χ2n) is 9.07. The number of rotatable bonds is 10. The predicted molar refractivity (Wildman–Crippen MR) is 134 cm³/mol. The smallest absolute Gasteiger partial charge is 0.253 e. The number of ether oxygens (including phenoxy) is 3. The third kappa shape index (κ3) is 7.52. The van der Waals surface area contributed by atoms with Crippen LogP contribution in [0.5, 0.6) is 5.75 Å². The molecule has 0 saturated carbocycles. The number of carbonyl (C=O) groups is 2. The summed E-state index contributed by atoms with van der Waals surface area (Å²) in [6, 6.07) is 15.3. The Hall–Kier alpha value is -2.94.